The number of hydrazine groups is 1. The van der Waals surface area contributed by atoms with Crippen molar-refractivity contribution in [3.63, 3.8) is 0 Å². The summed E-state index contributed by atoms with van der Waals surface area (Å²) in [5, 5.41) is 0.780. The quantitative estimate of drug-likeness (QED) is 0.637. The summed E-state index contributed by atoms with van der Waals surface area (Å²) in [7, 11) is 0. The lowest BCUT2D eigenvalue weighted by Crippen LogP contribution is -2.11. The van der Waals surface area contributed by atoms with E-state index in [1.807, 2.05) is 0 Å². The van der Waals surface area contributed by atoms with Crippen molar-refractivity contribution in [3.05, 3.63) is 28.8 Å². The average molecular weight is 253 g/mol. The number of nitrogens with two attached hydrogens (primary N) is 1. The molecule has 2 aromatic rings. The molecule has 0 spiro atoms. The molecule has 6 heteroatoms. The second-order valence-corrected chi connectivity index (χ2v) is 4.54. The van der Waals surface area contributed by atoms with E-state index in [0.717, 1.165) is 18.7 Å². The van der Waals surface area contributed by atoms with Crippen molar-refractivity contribution in [2.24, 2.45) is 5.84 Å². The van der Waals surface area contributed by atoms with Crippen LogP contribution < -0.4 is 11.3 Å². The van der Waals surface area contributed by atoms with Crippen LogP contribution in [-0.2, 0) is 0 Å². The van der Waals surface area contributed by atoms with Crippen LogP contribution in [0.2, 0.25) is 5.02 Å². The number of anilines is 1. The van der Waals surface area contributed by atoms with Crippen LogP contribution >= 0.6 is 11.6 Å². The van der Waals surface area contributed by atoms with Crippen LogP contribution in [0.25, 0.3) is 10.9 Å². The minimum Gasteiger partial charge on any atom is -0.308 e. The largest absolute Gasteiger partial charge is 0.308 e. The molecule has 1 heterocycles. The van der Waals surface area contributed by atoms with Crippen molar-refractivity contribution in [2.75, 3.05) is 5.43 Å². The third-order valence-electron chi connectivity index (χ3n) is 2.82. The van der Waals surface area contributed by atoms with Gasteiger partial charge < -0.3 is 5.43 Å². The Kier molecular flexibility index (Phi) is 2.38. The second kappa shape index (κ2) is 3.78. The fourth-order valence-corrected chi connectivity index (χ4v) is 2.06. The number of nitrogens with zero attached hydrogens (tertiary/aromatic N) is 2. The van der Waals surface area contributed by atoms with E-state index in [1.165, 1.54) is 12.1 Å². The highest BCUT2D eigenvalue weighted by Crippen LogP contribution is 2.40. The molecule has 0 atom stereocenters. The average Bonchev–Trinajstić information content (AvgIpc) is 3.11. The Labute approximate surface area is 102 Å². The van der Waals surface area contributed by atoms with Crippen molar-refractivity contribution >= 4 is 28.3 Å². The van der Waals surface area contributed by atoms with E-state index in [1.54, 1.807) is 0 Å². The van der Waals surface area contributed by atoms with Crippen LogP contribution in [0, 0.1) is 5.82 Å². The summed E-state index contributed by atoms with van der Waals surface area (Å²) >= 11 is 5.99. The van der Waals surface area contributed by atoms with Gasteiger partial charge in [0.1, 0.15) is 11.6 Å². The summed E-state index contributed by atoms with van der Waals surface area (Å²) < 4.78 is 13.3. The van der Waals surface area contributed by atoms with Crippen LogP contribution in [0.1, 0.15) is 24.6 Å². The molecule has 0 amide bonds. The molecule has 88 valence electrons. The summed E-state index contributed by atoms with van der Waals surface area (Å²) in [5.74, 6) is 6.49. The Morgan fingerprint density at radius 3 is 2.76 bits per heavy atom. The minimum atomic E-state index is -0.429. The number of aromatic nitrogens is 2. The lowest BCUT2D eigenvalue weighted by Gasteiger charge is -2.08. The van der Waals surface area contributed by atoms with Gasteiger partial charge in [-0.2, -0.15) is 0 Å². The van der Waals surface area contributed by atoms with Crippen molar-refractivity contribution in [2.45, 2.75) is 18.8 Å². The number of halogens is 2. The van der Waals surface area contributed by atoms with E-state index >= 15 is 0 Å². The van der Waals surface area contributed by atoms with Gasteiger partial charge in [-0.15, -0.1) is 0 Å². The van der Waals surface area contributed by atoms with E-state index in [0.29, 0.717) is 22.6 Å². The molecule has 0 bridgehead atoms. The summed E-state index contributed by atoms with van der Waals surface area (Å²) in [6.45, 7) is 0. The Morgan fingerprint density at radius 1 is 1.35 bits per heavy atom. The Morgan fingerprint density at radius 2 is 2.12 bits per heavy atom. The number of hydrogen-bond donors (Lipinski definition) is 2. The zero-order valence-electron chi connectivity index (χ0n) is 8.87. The van der Waals surface area contributed by atoms with E-state index in [2.05, 4.69) is 15.4 Å². The van der Waals surface area contributed by atoms with Crippen LogP contribution in [0.4, 0.5) is 10.2 Å². The number of benzene rings is 1. The molecule has 3 rings (SSSR count). The lowest BCUT2D eigenvalue weighted by atomic mass is 10.2. The maximum atomic E-state index is 13.3. The Bertz CT molecular complexity index is 598. The first-order chi connectivity index (χ1) is 8.19. The molecule has 1 saturated carbocycles. The smallest absolute Gasteiger partial charge is 0.151 e. The van der Waals surface area contributed by atoms with Gasteiger partial charge in [0.15, 0.2) is 5.82 Å². The summed E-state index contributed by atoms with van der Waals surface area (Å²) in [5.41, 5.74) is 3.01. The molecule has 0 unspecified atom stereocenters. The topological polar surface area (TPSA) is 63.8 Å². The first-order valence-electron chi connectivity index (χ1n) is 5.32. The molecular formula is C11H10ClFN4. The maximum Gasteiger partial charge on any atom is 0.151 e. The number of fused-ring (bicyclic) bond motifs is 1. The van der Waals surface area contributed by atoms with Gasteiger partial charge in [-0.1, -0.05) is 11.6 Å². The van der Waals surface area contributed by atoms with E-state index < -0.39 is 5.82 Å². The van der Waals surface area contributed by atoms with Crippen LogP contribution in [-0.4, -0.2) is 9.97 Å². The Hall–Kier alpha value is -1.46. The van der Waals surface area contributed by atoms with Crippen LogP contribution in [0.15, 0.2) is 12.1 Å². The SMILES string of the molecule is NNc1nc(C2CC2)nc2c(Cl)cc(F)cc12. The standard InChI is InChI=1S/C11H10ClFN4/c12-8-4-6(13)3-7-9(8)15-10(5-1-2-5)16-11(7)17-14/h3-5H,1-2,14H2,(H,15,16,17). The molecule has 0 radical (unpaired) electrons. The van der Waals surface area contributed by atoms with Gasteiger partial charge >= 0.3 is 0 Å². The van der Waals surface area contributed by atoms with E-state index in [-0.39, 0.29) is 5.02 Å². The fourth-order valence-electron chi connectivity index (χ4n) is 1.81. The van der Waals surface area contributed by atoms with Gasteiger partial charge in [0.25, 0.3) is 0 Å². The monoisotopic (exact) mass is 252 g/mol. The summed E-state index contributed by atoms with van der Waals surface area (Å²) in [4.78, 5) is 8.67. The van der Waals surface area contributed by atoms with Crippen molar-refractivity contribution in [1.29, 1.82) is 0 Å². The van der Waals surface area contributed by atoms with Gasteiger partial charge in [0, 0.05) is 11.3 Å². The minimum absolute atomic E-state index is 0.279. The van der Waals surface area contributed by atoms with Crippen molar-refractivity contribution in [3.8, 4) is 0 Å². The molecule has 0 aliphatic heterocycles. The molecule has 1 aliphatic rings. The molecule has 1 aromatic carbocycles. The summed E-state index contributed by atoms with van der Waals surface area (Å²) in [6, 6.07) is 2.57. The van der Waals surface area contributed by atoms with E-state index in [9.17, 15) is 4.39 Å². The Balaban J connectivity index is 2.31. The molecule has 1 fully saturated rings. The zero-order chi connectivity index (χ0) is 12.0. The maximum absolute atomic E-state index is 13.3. The van der Waals surface area contributed by atoms with Crippen molar-refractivity contribution in [1.82, 2.24) is 9.97 Å². The zero-order valence-corrected chi connectivity index (χ0v) is 9.63. The van der Waals surface area contributed by atoms with Gasteiger partial charge in [-0.05, 0) is 25.0 Å². The second-order valence-electron chi connectivity index (χ2n) is 4.13. The van der Waals surface area contributed by atoms with Gasteiger partial charge in [-0.25, -0.2) is 20.2 Å². The lowest BCUT2D eigenvalue weighted by molar-refractivity contribution is 0.629. The predicted octanol–water partition coefficient (Wildman–Crippen LogP) is 2.59. The normalized spacial score (nSPS) is 15.2. The highest BCUT2D eigenvalue weighted by Gasteiger charge is 2.28. The predicted molar refractivity (Wildman–Crippen MR) is 64.3 cm³/mol. The first kappa shape index (κ1) is 10.7. The van der Waals surface area contributed by atoms with E-state index in [4.69, 9.17) is 17.4 Å². The highest BCUT2D eigenvalue weighted by molar-refractivity contribution is 6.35. The molecular weight excluding hydrogens is 243 g/mol. The van der Waals surface area contributed by atoms with Gasteiger partial charge in [0.2, 0.25) is 0 Å². The number of nitrogens with one attached hydrogen (secondary N) is 1. The number of nitrogen functional groups attached to an aromatic ring is 1. The van der Waals surface area contributed by atoms with Gasteiger partial charge in [0.05, 0.1) is 10.5 Å². The number of rotatable bonds is 2. The fraction of sp³-hybridized carbons (Fsp3) is 0.273. The van der Waals surface area contributed by atoms with Gasteiger partial charge in [-0.3, -0.25) is 0 Å². The molecule has 1 aliphatic carbocycles. The number of hydrogen-bond acceptors (Lipinski definition) is 4. The molecule has 4 nitrogen and oxygen atoms in total. The van der Waals surface area contributed by atoms with Crippen molar-refractivity contribution < 1.29 is 4.39 Å². The first-order valence-corrected chi connectivity index (χ1v) is 5.70. The highest BCUT2D eigenvalue weighted by atomic mass is 35.5. The summed E-state index contributed by atoms with van der Waals surface area (Å²) in [6.07, 6.45) is 2.16. The van der Waals surface area contributed by atoms with Crippen LogP contribution in [0.5, 0.6) is 0 Å². The third kappa shape index (κ3) is 1.81. The third-order valence-corrected chi connectivity index (χ3v) is 3.10. The molecule has 3 N–H and O–H groups in total. The molecule has 0 saturated heterocycles. The molecule has 17 heavy (non-hydrogen) atoms. The van der Waals surface area contributed by atoms with Crippen LogP contribution in [0.3, 0.4) is 0 Å². The molecule has 1 aromatic heterocycles.